The summed E-state index contributed by atoms with van der Waals surface area (Å²) in [6.07, 6.45) is 3.15. The maximum atomic E-state index is 12.2. The zero-order valence-electron chi connectivity index (χ0n) is 9.75. The van der Waals surface area contributed by atoms with Crippen LogP contribution < -0.4 is 5.32 Å². The second-order valence-corrected chi connectivity index (χ2v) is 4.32. The highest BCUT2D eigenvalue weighted by molar-refractivity contribution is 5.86. The van der Waals surface area contributed by atoms with Crippen molar-refractivity contribution in [2.45, 2.75) is 38.6 Å². The molecule has 0 saturated carbocycles. The Morgan fingerprint density at radius 3 is 2.73 bits per heavy atom. The van der Waals surface area contributed by atoms with Gasteiger partial charge in [-0.15, -0.1) is 0 Å². The van der Waals surface area contributed by atoms with Crippen LogP contribution in [0.15, 0.2) is 0 Å². The fourth-order valence-corrected chi connectivity index (χ4v) is 2.11. The molecule has 1 aliphatic rings. The molecule has 0 aliphatic carbocycles. The maximum Gasteiger partial charge on any atom is 0.242 e. The Hall–Kier alpha value is -0.610. The number of amides is 1. The molecular weight excluding hydrogens is 192 g/mol. The number of aliphatic hydroxyl groups is 1. The molecule has 88 valence electrons. The Morgan fingerprint density at radius 2 is 2.27 bits per heavy atom. The van der Waals surface area contributed by atoms with Crippen LogP contribution >= 0.6 is 0 Å². The molecule has 4 nitrogen and oxygen atoms in total. The lowest BCUT2D eigenvalue weighted by atomic mass is 9.89. The quantitative estimate of drug-likeness (QED) is 0.710. The topological polar surface area (TPSA) is 52.6 Å². The minimum absolute atomic E-state index is 0.0374. The molecule has 15 heavy (non-hydrogen) atoms. The van der Waals surface area contributed by atoms with Gasteiger partial charge in [-0.25, -0.2) is 0 Å². The van der Waals surface area contributed by atoms with E-state index < -0.39 is 5.54 Å². The van der Waals surface area contributed by atoms with Crippen LogP contribution in [0.1, 0.15) is 33.1 Å². The number of nitrogens with zero attached hydrogens (tertiary/aromatic N) is 1. The molecule has 0 spiro atoms. The van der Waals surface area contributed by atoms with Crippen LogP contribution in [0.2, 0.25) is 0 Å². The average molecular weight is 214 g/mol. The zero-order chi connectivity index (χ0) is 11.3. The Bertz CT molecular complexity index is 213. The summed E-state index contributed by atoms with van der Waals surface area (Å²) in [5.41, 5.74) is -0.413. The van der Waals surface area contributed by atoms with Crippen molar-refractivity contribution in [3.63, 3.8) is 0 Å². The predicted molar refractivity (Wildman–Crippen MR) is 59.6 cm³/mol. The van der Waals surface area contributed by atoms with Gasteiger partial charge in [0, 0.05) is 13.1 Å². The lowest BCUT2D eigenvalue weighted by Gasteiger charge is -2.37. The van der Waals surface area contributed by atoms with Gasteiger partial charge in [-0.1, -0.05) is 0 Å². The third-order valence-corrected chi connectivity index (χ3v) is 3.13. The number of hydrogen-bond acceptors (Lipinski definition) is 3. The van der Waals surface area contributed by atoms with Gasteiger partial charge in [0.15, 0.2) is 0 Å². The summed E-state index contributed by atoms with van der Waals surface area (Å²) in [5.74, 6) is 0.124. The van der Waals surface area contributed by atoms with E-state index in [1.165, 1.54) is 0 Å². The van der Waals surface area contributed by atoms with Gasteiger partial charge < -0.3 is 15.3 Å². The van der Waals surface area contributed by atoms with Crippen molar-refractivity contribution in [3.8, 4) is 0 Å². The SMILES string of the molecule is CCN(CCO)C(=O)C1(C)CCCCN1. The first-order valence-corrected chi connectivity index (χ1v) is 5.79. The smallest absolute Gasteiger partial charge is 0.242 e. The lowest BCUT2D eigenvalue weighted by Crippen LogP contribution is -2.58. The third kappa shape index (κ3) is 2.92. The molecule has 1 atom stereocenters. The fourth-order valence-electron chi connectivity index (χ4n) is 2.11. The number of carbonyl (C=O) groups is 1. The number of piperidine rings is 1. The Balaban J connectivity index is 2.62. The van der Waals surface area contributed by atoms with E-state index in [2.05, 4.69) is 5.32 Å². The van der Waals surface area contributed by atoms with Crippen LogP contribution in [0.5, 0.6) is 0 Å². The van der Waals surface area contributed by atoms with E-state index >= 15 is 0 Å². The number of hydrogen-bond donors (Lipinski definition) is 2. The summed E-state index contributed by atoms with van der Waals surface area (Å²) in [6.45, 7) is 5.96. The highest BCUT2D eigenvalue weighted by atomic mass is 16.3. The first-order valence-electron chi connectivity index (χ1n) is 5.79. The highest BCUT2D eigenvalue weighted by Gasteiger charge is 2.36. The van der Waals surface area contributed by atoms with E-state index in [9.17, 15) is 4.79 Å². The molecule has 4 heteroatoms. The standard InChI is InChI=1S/C11H22N2O2/c1-3-13(8-9-14)10(15)11(2)6-4-5-7-12-11/h12,14H,3-9H2,1-2H3. The maximum absolute atomic E-state index is 12.2. The summed E-state index contributed by atoms with van der Waals surface area (Å²) in [5, 5.41) is 12.2. The van der Waals surface area contributed by atoms with Gasteiger partial charge in [-0.2, -0.15) is 0 Å². The van der Waals surface area contributed by atoms with E-state index in [1.807, 2.05) is 13.8 Å². The van der Waals surface area contributed by atoms with Gasteiger partial charge in [-0.05, 0) is 39.7 Å². The molecule has 1 rings (SSSR count). The molecule has 1 unspecified atom stereocenters. The van der Waals surface area contributed by atoms with Crippen LogP contribution in [0.4, 0.5) is 0 Å². The molecule has 1 amide bonds. The molecule has 1 saturated heterocycles. The lowest BCUT2D eigenvalue weighted by molar-refractivity contribution is -0.139. The van der Waals surface area contributed by atoms with Gasteiger partial charge in [0.2, 0.25) is 5.91 Å². The first kappa shape index (κ1) is 12.5. The number of carbonyl (C=O) groups excluding carboxylic acids is 1. The Morgan fingerprint density at radius 1 is 1.53 bits per heavy atom. The summed E-state index contributed by atoms with van der Waals surface area (Å²) in [6, 6.07) is 0. The van der Waals surface area contributed by atoms with Gasteiger partial charge in [-0.3, -0.25) is 4.79 Å². The number of nitrogens with one attached hydrogen (secondary N) is 1. The summed E-state index contributed by atoms with van der Waals surface area (Å²) >= 11 is 0. The van der Waals surface area contributed by atoms with Crippen LogP contribution in [-0.2, 0) is 4.79 Å². The van der Waals surface area contributed by atoms with Crippen LogP contribution in [0, 0.1) is 0 Å². The molecule has 0 aromatic carbocycles. The van der Waals surface area contributed by atoms with Gasteiger partial charge in [0.1, 0.15) is 0 Å². The molecule has 1 aliphatic heterocycles. The minimum atomic E-state index is -0.413. The average Bonchev–Trinajstić information content (AvgIpc) is 2.26. The van der Waals surface area contributed by atoms with E-state index in [1.54, 1.807) is 4.90 Å². The summed E-state index contributed by atoms with van der Waals surface area (Å²) in [4.78, 5) is 13.9. The number of rotatable bonds is 4. The Kier molecular flexibility index (Phi) is 4.54. The second kappa shape index (κ2) is 5.47. The van der Waals surface area contributed by atoms with Crippen LogP contribution in [0.25, 0.3) is 0 Å². The van der Waals surface area contributed by atoms with Crippen molar-refractivity contribution in [1.82, 2.24) is 10.2 Å². The minimum Gasteiger partial charge on any atom is -0.395 e. The van der Waals surface area contributed by atoms with E-state index in [0.29, 0.717) is 13.1 Å². The monoisotopic (exact) mass is 214 g/mol. The first-order chi connectivity index (χ1) is 7.14. The normalized spacial score (nSPS) is 26.3. The van der Waals surface area contributed by atoms with Gasteiger partial charge in [0.05, 0.1) is 12.1 Å². The number of aliphatic hydroxyl groups excluding tert-OH is 1. The van der Waals surface area contributed by atoms with E-state index in [-0.39, 0.29) is 12.5 Å². The molecule has 0 radical (unpaired) electrons. The molecule has 0 aromatic rings. The van der Waals surface area contributed by atoms with Crippen molar-refractivity contribution in [3.05, 3.63) is 0 Å². The molecule has 1 heterocycles. The summed E-state index contributed by atoms with van der Waals surface area (Å²) < 4.78 is 0. The second-order valence-electron chi connectivity index (χ2n) is 4.32. The van der Waals surface area contributed by atoms with Crippen molar-refractivity contribution in [2.24, 2.45) is 0 Å². The number of likely N-dealkylation sites (N-methyl/N-ethyl adjacent to an activating group) is 1. The molecule has 0 aromatic heterocycles. The van der Waals surface area contributed by atoms with Crippen molar-refractivity contribution < 1.29 is 9.90 Å². The molecule has 0 bridgehead atoms. The van der Waals surface area contributed by atoms with Crippen LogP contribution in [0.3, 0.4) is 0 Å². The van der Waals surface area contributed by atoms with E-state index in [4.69, 9.17) is 5.11 Å². The third-order valence-electron chi connectivity index (χ3n) is 3.13. The zero-order valence-corrected chi connectivity index (χ0v) is 9.75. The van der Waals surface area contributed by atoms with Gasteiger partial charge >= 0.3 is 0 Å². The molecule has 1 fully saturated rings. The predicted octanol–water partition coefficient (Wildman–Crippen LogP) is 0.359. The van der Waals surface area contributed by atoms with Crippen molar-refractivity contribution >= 4 is 5.91 Å². The molecular formula is C11H22N2O2. The highest BCUT2D eigenvalue weighted by Crippen LogP contribution is 2.21. The summed E-state index contributed by atoms with van der Waals surface area (Å²) in [7, 11) is 0. The largest absolute Gasteiger partial charge is 0.395 e. The van der Waals surface area contributed by atoms with Crippen molar-refractivity contribution in [2.75, 3.05) is 26.2 Å². The van der Waals surface area contributed by atoms with Crippen molar-refractivity contribution in [1.29, 1.82) is 0 Å². The van der Waals surface area contributed by atoms with Crippen LogP contribution in [-0.4, -0.2) is 47.7 Å². The van der Waals surface area contributed by atoms with E-state index in [0.717, 1.165) is 25.8 Å². The van der Waals surface area contributed by atoms with Gasteiger partial charge in [0.25, 0.3) is 0 Å². The fraction of sp³-hybridized carbons (Fsp3) is 0.909. The Labute approximate surface area is 91.6 Å². The molecule has 2 N–H and O–H groups in total.